The van der Waals surface area contributed by atoms with Gasteiger partial charge in [0.05, 0.1) is 20.8 Å². The molecule has 0 radical (unpaired) electrons. The van der Waals surface area contributed by atoms with E-state index in [1.165, 1.54) is 0 Å². The highest BCUT2D eigenvalue weighted by molar-refractivity contribution is 5.80. The number of methoxy groups -OCH3 is 2. The van der Waals surface area contributed by atoms with Crippen molar-refractivity contribution in [2.24, 2.45) is 0 Å². The van der Waals surface area contributed by atoms with E-state index in [0.717, 1.165) is 34.6 Å². The van der Waals surface area contributed by atoms with Gasteiger partial charge in [-0.2, -0.15) is 0 Å². The molecule has 2 aromatic rings. The van der Waals surface area contributed by atoms with Gasteiger partial charge in [0.2, 0.25) is 0 Å². The Morgan fingerprint density at radius 2 is 1.54 bits per heavy atom. The zero-order valence-electron chi connectivity index (χ0n) is 15.1. The average molecular weight is 353 g/mol. The first-order valence-corrected chi connectivity index (χ1v) is 8.62. The topological polar surface area (TPSA) is 48.0 Å². The molecule has 0 spiro atoms. The third-order valence-electron chi connectivity index (χ3n) is 4.39. The van der Waals surface area contributed by atoms with Crippen molar-refractivity contribution in [2.75, 3.05) is 33.9 Å². The van der Waals surface area contributed by atoms with Crippen molar-refractivity contribution in [3.8, 4) is 11.5 Å². The van der Waals surface area contributed by atoms with E-state index >= 15 is 0 Å². The normalized spacial score (nSPS) is 13.3. The van der Waals surface area contributed by atoms with Crippen LogP contribution in [0.3, 0.4) is 0 Å². The molecule has 26 heavy (non-hydrogen) atoms. The van der Waals surface area contributed by atoms with Crippen LogP contribution in [-0.2, 0) is 4.74 Å². The number of hydrogen-bond donors (Lipinski definition) is 0. The predicted molar refractivity (Wildman–Crippen MR) is 101 cm³/mol. The van der Waals surface area contributed by atoms with Gasteiger partial charge in [-0.15, -0.1) is 0 Å². The van der Waals surface area contributed by atoms with Crippen molar-refractivity contribution < 1.29 is 19.0 Å². The molecular weight excluding hydrogens is 330 g/mol. The lowest BCUT2D eigenvalue weighted by Gasteiger charge is -2.13. The van der Waals surface area contributed by atoms with Crippen molar-refractivity contribution in [1.29, 1.82) is 0 Å². The van der Waals surface area contributed by atoms with Crippen molar-refractivity contribution >= 4 is 11.7 Å². The van der Waals surface area contributed by atoms with Crippen molar-refractivity contribution in [3.63, 3.8) is 0 Å². The number of nitrogens with zero attached hydrogens (tertiary/aromatic N) is 1. The first-order chi connectivity index (χ1) is 12.7. The predicted octanol–water partition coefficient (Wildman–Crippen LogP) is 3.98. The molecule has 2 aromatic carbocycles. The van der Waals surface area contributed by atoms with Gasteiger partial charge in [-0.25, -0.2) is 4.79 Å². The number of amides is 1. The summed E-state index contributed by atoms with van der Waals surface area (Å²) >= 11 is 0. The van der Waals surface area contributed by atoms with E-state index in [-0.39, 0.29) is 6.09 Å². The van der Waals surface area contributed by atoms with Crippen LogP contribution in [0, 0.1) is 0 Å². The summed E-state index contributed by atoms with van der Waals surface area (Å²) < 4.78 is 15.5. The molecule has 5 heteroatoms. The van der Waals surface area contributed by atoms with Crippen LogP contribution >= 0.6 is 0 Å². The Morgan fingerprint density at radius 3 is 1.96 bits per heavy atom. The van der Waals surface area contributed by atoms with Gasteiger partial charge in [0, 0.05) is 6.54 Å². The minimum absolute atomic E-state index is 0.228. The second-order valence-corrected chi connectivity index (χ2v) is 5.96. The number of hydrogen-bond acceptors (Lipinski definition) is 4. The molecule has 5 nitrogen and oxygen atoms in total. The molecule has 1 amide bonds. The average Bonchev–Trinajstić information content (AvgIpc) is 3.10. The number of carbonyl (C=O) groups excluding carboxylic acids is 1. The van der Waals surface area contributed by atoms with Crippen molar-refractivity contribution in [3.05, 3.63) is 65.7 Å². The molecule has 1 heterocycles. The van der Waals surface area contributed by atoms with Gasteiger partial charge in [0.25, 0.3) is 0 Å². The van der Waals surface area contributed by atoms with Gasteiger partial charge in [-0.3, -0.25) is 0 Å². The SMILES string of the molecule is COc1ccc(C(=CCCN2CCOC2=O)c2ccc(OC)cc2)cc1. The summed E-state index contributed by atoms with van der Waals surface area (Å²) in [5.74, 6) is 1.64. The highest BCUT2D eigenvalue weighted by Crippen LogP contribution is 2.27. The van der Waals surface area contributed by atoms with E-state index in [0.29, 0.717) is 19.7 Å². The first-order valence-electron chi connectivity index (χ1n) is 8.62. The molecule has 1 aliphatic heterocycles. The molecule has 1 fully saturated rings. The number of rotatable bonds is 7. The molecule has 1 saturated heterocycles. The zero-order chi connectivity index (χ0) is 18.4. The Balaban J connectivity index is 1.83. The maximum atomic E-state index is 11.6. The fraction of sp³-hybridized carbons (Fsp3) is 0.286. The van der Waals surface area contributed by atoms with Crippen LogP contribution in [-0.4, -0.2) is 44.9 Å². The van der Waals surface area contributed by atoms with E-state index in [1.54, 1.807) is 19.1 Å². The Morgan fingerprint density at radius 1 is 1.00 bits per heavy atom. The van der Waals surface area contributed by atoms with Gasteiger partial charge in [0.1, 0.15) is 18.1 Å². The molecule has 0 bridgehead atoms. The Labute approximate surface area is 153 Å². The Bertz CT molecular complexity index is 716. The molecule has 0 saturated carbocycles. The minimum Gasteiger partial charge on any atom is -0.497 e. The van der Waals surface area contributed by atoms with E-state index in [2.05, 4.69) is 6.08 Å². The zero-order valence-corrected chi connectivity index (χ0v) is 15.1. The lowest BCUT2D eigenvalue weighted by molar-refractivity contribution is 0.159. The third kappa shape index (κ3) is 4.17. The molecular formula is C21H23NO4. The lowest BCUT2D eigenvalue weighted by atomic mass is 9.96. The van der Waals surface area contributed by atoms with Crippen LogP contribution in [0.2, 0.25) is 0 Å². The quantitative estimate of drug-likeness (QED) is 0.755. The summed E-state index contributed by atoms with van der Waals surface area (Å²) in [5.41, 5.74) is 3.31. The van der Waals surface area contributed by atoms with Gasteiger partial charge in [0.15, 0.2) is 0 Å². The third-order valence-corrected chi connectivity index (χ3v) is 4.39. The largest absolute Gasteiger partial charge is 0.497 e. The summed E-state index contributed by atoms with van der Waals surface area (Å²) in [5, 5.41) is 0. The number of benzene rings is 2. The lowest BCUT2D eigenvalue weighted by Crippen LogP contribution is -2.24. The number of ether oxygens (including phenoxy) is 3. The molecule has 1 aliphatic rings. The monoisotopic (exact) mass is 353 g/mol. The standard InChI is InChI=1S/C21H23NO4/c1-24-18-9-5-16(6-10-18)20(17-7-11-19(25-2)12-8-17)4-3-13-22-14-15-26-21(22)23/h4-12H,3,13-15H2,1-2H3. The van der Waals surface area contributed by atoms with Gasteiger partial charge in [-0.1, -0.05) is 30.3 Å². The molecule has 0 aromatic heterocycles. The maximum Gasteiger partial charge on any atom is 0.409 e. The van der Waals surface area contributed by atoms with Gasteiger partial charge in [-0.05, 0) is 47.4 Å². The summed E-state index contributed by atoms with van der Waals surface area (Å²) in [7, 11) is 3.31. The van der Waals surface area contributed by atoms with Crippen LogP contribution in [0.4, 0.5) is 4.79 Å². The number of carbonyl (C=O) groups is 1. The highest BCUT2D eigenvalue weighted by Gasteiger charge is 2.20. The van der Waals surface area contributed by atoms with E-state index in [9.17, 15) is 4.79 Å². The fourth-order valence-corrected chi connectivity index (χ4v) is 2.94. The van der Waals surface area contributed by atoms with Gasteiger partial charge >= 0.3 is 6.09 Å². The summed E-state index contributed by atoms with van der Waals surface area (Å²) in [6.45, 7) is 1.79. The molecule has 0 aliphatic carbocycles. The molecule has 136 valence electrons. The second kappa shape index (κ2) is 8.43. The van der Waals surface area contributed by atoms with Crippen LogP contribution in [0.5, 0.6) is 11.5 Å². The van der Waals surface area contributed by atoms with Gasteiger partial charge < -0.3 is 19.1 Å². The molecule has 0 unspecified atom stereocenters. The summed E-state index contributed by atoms with van der Waals surface area (Å²) in [6, 6.07) is 16.0. The number of cyclic esters (lactones) is 1. The molecule has 0 atom stereocenters. The second-order valence-electron chi connectivity index (χ2n) is 5.96. The van der Waals surface area contributed by atoms with Crippen LogP contribution < -0.4 is 9.47 Å². The fourth-order valence-electron chi connectivity index (χ4n) is 2.94. The van der Waals surface area contributed by atoms with Crippen LogP contribution in [0.1, 0.15) is 17.5 Å². The Hall–Kier alpha value is -2.95. The Kier molecular flexibility index (Phi) is 5.79. The van der Waals surface area contributed by atoms with E-state index < -0.39 is 0 Å². The summed E-state index contributed by atoms with van der Waals surface area (Å²) in [4.78, 5) is 13.3. The van der Waals surface area contributed by atoms with Crippen molar-refractivity contribution in [2.45, 2.75) is 6.42 Å². The first kappa shape index (κ1) is 17.9. The van der Waals surface area contributed by atoms with Crippen LogP contribution in [0.15, 0.2) is 54.6 Å². The smallest absolute Gasteiger partial charge is 0.409 e. The van der Waals surface area contributed by atoms with E-state index in [4.69, 9.17) is 14.2 Å². The molecule has 3 rings (SSSR count). The highest BCUT2D eigenvalue weighted by atomic mass is 16.6. The van der Waals surface area contributed by atoms with Crippen LogP contribution in [0.25, 0.3) is 5.57 Å². The minimum atomic E-state index is -0.228. The van der Waals surface area contributed by atoms with E-state index in [1.807, 2.05) is 48.5 Å². The molecule has 0 N–H and O–H groups in total. The maximum absolute atomic E-state index is 11.6. The van der Waals surface area contributed by atoms with Crippen molar-refractivity contribution in [1.82, 2.24) is 4.90 Å². The summed E-state index contributed by atoms with van der Waals surface area (Å²) in [6.07, 6.45) is 2.69.